The summed E-state index contributed by atoms with van der Waals surface area (Å²) < 4.78 is 4.53. The van der Waals surface area contributed by atoms with E-state index >= 15 is 0 Å². The number of ether oxygens (including phenoxy) is 1. The average Bonchev–Trinajstić information content (AvgIpc) is 2.02. The van der Waals surface area contributed by atoms with Gasteiger partial charge in [-0.2, -0.15) is 0 Å². The third kappa shape index (κ3) is 3.37. The van der Waals surface area contributed by atoms with Crippen molar-refractivity contribution in [3.05, 3.63) is 0 Å². The van der Waals surface area contributed by atoms with Crippen LogP contribution < -0.4 is 0 Å². The van der Waals surface area contributed by atoms with E-state index in [1.165, 1.54) is 0 Å². The molecule has 0 aromatic rings. The maximum absolute atomic E-state index is 10.8. The fourth-order valence-corrected chi connectivity index (χ4v) is 0.743. The molecule has 0 fully saturated rings. The van der Waals surface area contributed by atoms with Crippen LogP contribution in [0, 0.1) is 0 Å². The van der Waals surface area contributed by atoms with E-state index < -0.39 is 11.3 Å². The number of rotatable bonds is 4. The quantitative estimate of drug-likeness (QED) is 0.368. The van der Waals surface area contributed by atoms with Crippen LogP contribution in [-0.2, 0) is 14.3 Å². The molecule has 0 saturated carbocycles. The molecule has 3 nitrogen and oxygen atoms in total. The van der Waals surface area contributed by atoms with Gasteiger partial charge in [0, 0.05) is 6.42 Å². The predicted molar refractivity (Wildman–Crippen MR) is 41.6 cm³/mol. The predicted octanol–water partition coefficient (Wildman–Crippen LogP) is 1.14. The zero-order valence-electron chi connectivity index (χ0n) is 6.59. The Hall–Kier alpha value is -0.570. The van der Waals surface area contributed by atoms with E-state index in [9.17, 15) is 9.59 Å². The molecule has 0 aromatic heterocycles. The van der Waals surface area contributed by atoms with Crippen molar-refractivity contribution in [1.29, 1.82) is 0 Å². The molecule has 4 heteroatoms. The molecule has 0 saturated heterocycles. The van der Waals surface area contributed by atoms with Crippen molar-refractivity contribution in [2.24, 2.45) is 0 Å². The Morgan fingerprint density at radius 2 is 2.00 bits per heavy atom. The van der Waals surface area contributed by atoms with E-state index in [2.05, 4.69) is 4.74 Å². The SMILES string of the molecule is CCOC(=O)[C@H](Cl)C(=O)CC. The number of Topliss-reactive ketones (excluding diaryl/α,β-unsaturated/α-hetero) is 1. The van der Waals surface area contributed by atoms with Gasteiger partial charge < -0.3 is 4.74 Å². The number of ketones is 1. The average molecular weight is 179 g/mol. The van der Waals surface area contributed by atoms with E-state index in [1.807, 2.05) is 0 Å². The Morgan fingerprint density at radius 1 is 1.45 bits per heavy atom. The summed E-state index contributed by atoms with van der Waals surface area (Å²) in [5.41, 5.74) is 0. The molecule has 0 radical (unpaired) electrons. The number of carbonyl (C=O) groups excluding carboxylic acids is 2. The van der Waals surface area contributed by atoms with Crippen molar-refractivity contribution in [3.8, 4) is 0 Å². The maximum Gasteiger partial charge on any atom is 0.331 e. The lowest BCUT2D eigenvalue weighted by Gasteiger charge is -2.04. The summed E-state index contributed by atoms with van der Waals surface area (Å²) >= 11 is 5.44. The van der Waals surface area contributed by atoms with Gasteiger partial charge in [-0.15, -0.1) is 11.6 Å². The van der Waals surface area contributed by atoms with Crippen molar-refractivity contribution in [3.63, 3.8) is 0 Å². The molecule has 0 aromatic carbocycles. The smallest absolute Gasteiger partial charge is 0.331 e. The van der Waals surface area contributed by atoms with Gasteiger partial charge in [0.05, 0.1) is 6.61 Å². The standard InChI is InChI=1S/C7H11ClO3/c1-3-5(9)6(8)7(10)11-4-2/h6H,3-4H2,1-2H3/t6-/m1/s1. The van der Waals surface area contributed by atoms with Gasteiger partial charge in [-0.3, -0.25) is 4.79 Å². The number of carbonyl (C=O) groups is 2. The zero-order valence-corrected chi connectivity index (χ0v) is 7.35. The Bertz CT molecular complexity index is 156. The van der Waals surface area contributed by atoms with Crippen LogP contribution in [0.2, 0.25) is 0 Å². The molecule has 11 heavy (non-hydrogen) atoms. The molecule has 64 valence electrons. The second-order valence-electron chi connectivity index (χ2n) is 1.93. The fraction of sp³-hybridized carbons (Fsp3) is 0.714. The minimum Gasteiger partial charge on any atom is -0.465 e. The number of halogens is 1. The lowest BCUT2D eigenvalue weighted by atomic mass is 10.2. The van der Waals surface area contributed by atoms with Crippen LogP contribution >= 0.6 is 11.6 Å². The number of hydrogen-bond acceptors (Lipinski definition) is 3. The molecule has 0 amide bonds. The largest absolute Gasteiger partial charge is 0.465 e. The Labute approximate surface area is 70.7 Å². The molecule has 0 bridgehead atoms. The van der Waals surface area contributed by atoms with Crippen LogP contribution in [0.1, 0.15) is 20.3 Å². The Kier molecular flexibility index (Phi) is 4.86. The maximum atomic E-state index is 10.8. The highest BCUT2D eigenvalue weighted by atomic mass is 35.5. The molecular formula is C7H11ClO3. The summed E-state index contributed by atoms with van der Waals surface area (Å²) in [6.45, 7) is 3.56. The van der Waals surface area contributed by atoms with Gasteiger partial charge in [0.25, 0.3) is 0 Å². The van der Waals surface area contributed by atoms with Gasteiger partial charge in [-0.25, -0.2) is 4.79 Å². The van der Waals surface area contributed by atoms with Gasteiger partial charge in [-0.05, 0) is 6.92 Å². The van der Waals surface area contributed by atoms with Crippen molar-refractivity contribution >= 4 is 23.4 Å². The molecule has 1 atom stereocenters. The van der Waals surface area contributed by atoms with E-state index in [-0.39, 0.29) is 18.8 Å². The highest BCUT2D eigenvalue weighted by Gasteiger charge is 2.22. The van der Waals surface area contributed by atoms with E-state index in [4.69, 9.17) is 11.6 Å². The number of hydrogen-bond donors (Lipinski definition) is 0. The van der Waals surface area contributed by atoms with Crippen molar-refractivity contribution in [2.75, 3.05) is 6.61 Å². The Morgan fingerprint density at radius 3 is 2.36 bits per heavy atom. The molecule has 0 N–H and O–H groups in total. The van der Waals surface area contributed by atoms with Crippen LogP contribution in [0.5, 0.6) is 0 Å². The van der Waals surface area contributed by atoms with Crippen molar-refractivity contribution < 1.29 is 14.3 Å². The molecule has 0 aliphatic rings. The first kappa shape index (κ1) is 10.4. The van der Waals surface area contributed by atoms with Gasteiger partial charge >= 0.3 is 5.97 Å². The van der Waals surface area contributed by atoms with Crippen LogP contribution in [0.25, 0.3) is 0 Å². The zero-order chi connectivity index (χ0) is 8.85. The van der Waals surface area contributed by atoms with Crippen LogP contribution in [-0.4, -0.2) is 23.7 Å². The minimum absolute atomic E-state index is 0.249. The summed E-state index contributed by atoms with van der Waals surface area (Å²) in [6, 6.07) is 0. The van der Waals surface area contributed by atoms with Gasteiger partial charge in [0.1, 0.15) is 0 Å². The highest BCUT2D eigenvalue weighted by molar-refractivity contribution is 6.41. The molecule has 0 aliphatic heterocycles. The van der Waals surface area contributed by atoms with Gasteiger partial charge in [-0.1, -0.05) is 6.92 Å². The summed E-state index contributed by atoms with van der Waals surface area (Å²) in [5, 5.41) is -1.13. The second kappa shape index (κ2) is 5.13. The summed E-state index contributed by atoms with van der Waals surface area (Å²) in [4.78, 5) is 21.6. The van der Waals surface area contributed by atoms with Crippen molar-refractivity contribution in [2.45, 2.75) is 25.6 Å². The molecule has 0 spiro atoms. The third-order valence-electron chi connectivity index (χ3n) is 1.12. The third-order valence-corrected chi connectivity index (χ3v) is 1.55. The van der Waals surface area contributed by atoms with Crippen LogP contribution in [0.3, 0.4) is 0 Å². The van der Waals surface area contributed by atoms with Gasteiger partial charge in [0.2, 0.25) is 0 Å². The topological polar surface area (TPSA) is 43.4 Å². The van der Waals surface area contributed by atoms with Crippen LogP contribution in [0.4, 0.5) is 0 Å². The van der Waals surface area contributed by atoms with E-state index in [0.717, 1.165) is 0 Å². The number of alkyl halides is 1. The molecule has 0 rings (SSSR count). The second-order valence-corrected chi connectivity index (χ2v) is 2.37. The lowest BCUT2D eigenvalue weighted by molar-refractivity contribution is -0.145. The van der Waals surface area contributed by atoms with Crippen LogP contribution in [0.15, 0.2) is 0 Å². The monoisotopic (exact) mass is 178 g/mol. The summed E-state index contributed by atoms with van der Waals surface area (Å²) in [6.07, 6.45) is 0.257. The van der Waals surface area contributed by atoms with Gasteiger partial charge in [0.15, 0.2) is 11.2 Å². The molecule has 0 heterocycles. The molecule has 0 aliphatic carbocycles. The minimum atomic E-state index is -1.13. The summed E-state index contributed by atoms with van der Waals surface area (Å²) in [7, 11) is 0. The molecular weight excluding hydrogens is 168 g/mol. The lowest BCUT2D eigenvalue weighted by Crippen LogP contribution is -2.26. The highest BCUT2D eigenvalue weighted by Crippen LogP contribution is 2.02. The van der Waals surface area contributed by atoms with E-state index in [0.29, 0.717) is 0 Å². The number of esters is 1. The van der Waals surface area contributed by atoms with E-state index in [1.54, 1.807) is 13.8 Å². The first-order valence-corrected chi connectivity index (χ1v) is 3.90. The Balaban J connectivity index is 3.91. The first-order valence-electron chi connectivity index (χ1n) is 3.46. The molecule has 0 unspecified atom stereocenters. The van der Waals surface area contributed by atoms with Crippen molar-refractivity contribution in [1.82, 2.24) is 0 Å². The summed E-state index contributed by atoms with van der Waals surface area (Å²) in [5.74, 6) is -0.953. The fourth-order valence-electron chi connectivity index (χ4n) is 0.526. The first-order chi connectivity index (χ1) is 5.13. The normalized spacial score (nSPS) is 12.3.